The highest BCUT2D eigenvalue weighted by Crippen LogP contribution is 2.35. The maximum Gasteiger partial charge on any atom is 0.124 e. The van der Waals surface area contributed by atoms with Gasteiger partial charge in [0, 0.05) is 10.6 Å². The highest BCUT2D eigenvalue weighted by molar-refractivity contribution is 7.21. The summed E-state index contributed by atoms with van der Waals surface area (Å²) in [5, 5.41) is 6.62. The first-order valence-corrected chi connectivity index (χ1v) is 8.95. The molecule has 4 aromatic carbocycles. The van der Waals surface area contributed by atoms with E-state index in [1.165, 1.54) is 26.2 Å². The lowest BCUT2D eigenvalue weighted by molar-refractivity contribution is 1.48. The maximum atomic E-state index is 6.21. The Bertz CT molecular complexity index is 1210. The summed E-state index contributed by atoms with van der Waals surface area (Å²) in [5.41, 5.74) is 2.20. The van der Waals surface area contributed by atoms with Crippen molar-refractivity contribution in [3.05, 3.63) is 77.8 Å². The van der Waals surface area contributed by atoms with E-state index in [1.807, 2.05) is 30.3 Å². The van der Waals surface area contributed by atoms with Crippen molar-refractivity contribution in [3.63, 3.8) is 0 Å². The molecule has 0 aliphatic carbocycles. The Hall–Kier alpha value is -2.42. The maximum absolute atomic E-state index is 6.21. The third-order valence-corrected chi connectivity index (χ3v) is 5.63. The summed E-state index contributed by atoms with van der Waals surface area (Å²) in [4.78, 5) is 4.85. The average Bonchev–Trinajstić information content (AvgIpc) is 3.03. The van der Waals surface area contributed by atoms with Crippen molar-refractivity contribution >= 4 is 54.7 Å². The number of aromatic nitrogens is 1. The van der Waals surface area contributed by atoms with E-state index in [4.69, 9.17) is 16.6 Å². The van der Waals surface area contributed by atoms with Crippen molar-refractivity contribution < 1.29 is 0 Å². The summed E-state index contributed by atoms with van der Waals surface area (Å²) in [6.45, 7) is 0. The molecule has 3 heteroatoms. The van der Waals surface area contributed by atoms with Crippen LogP contribution in [0.3, 0.4) is 0 Å². The third kappa shape index (κ3) is 2.19. The van der Waals surface area contributed by atoms with Gasteiger partial charge < -0.3 is 0 Å². The zero-order valence-electron chi connectivity index (χ0n) is 12.7. The van der Waals surface area contributed by atoms with Crippen LogP contribution in [-0.4, -0.2) is 4.98 Å². The minimum atomic E-state index is 0.762. The van der Waals surface area contributed by atoms with Crippen molar-refractivity contribution in [3.8, 4) is 10.6 Å². The molecule has 0 bridgehead atoms. The van der Waals surface area contributed by atoms with E-state index in [9.17, 15) is 0 Å². The normalized spacial score (nSPS) is 11.5. The van der Waals surface area contributed by atoms with Crippen LogP contribution >= 0.6 is 22.9 Å². The first-order valence-electron chi connectivity index (χ1n) is 7.76. The van der Waals surface area contributed by atoms with Gasteiger partial charge in [-0.15, -0.1) is 11.3 Å². The summed E-state index contributed by atoms with van der Waals surface area (Å²) < 4.78 is 1.21. The molecule has 0 spiro atoms. The van der Waals surface area contributed by atoms with E-state index in [0.717, 1.165) is 21.1 Å². The number of benzene rings is 4. The van der Waals surface area contributed by atoms with Crippen molar-refractivity contribution in [1.29, 1.82) is 0 Å². The molecule has 0 N–H and O–H groups in total. The molecule has 1 nitrogen and oxygen atoms in total. The lowest BCUT2D eigenvalue weighted by Crippen LogP contribution is -1.79. The second-order valence-electron chi connectivity index (χ2n) is 5.86. The molecule has 1 aromatic heterocycles. The predicted octanol–water partition coefficient (Wildman–Crippen LogP) is 6.92. The van der Waals surface area contributed by atoms with Crippen LogP contribution in [0, 0.1) is 0 Å². The SMILES string of the molecule is Clc1ccc2ccc3cc4sc(-c5ccccc5)nc4cc3c2c1. The molecule has 0 aliphatic rings. The molecule has 0 unspecified atom stereocenters. The third-order valence-electron chi connectivity index (χ3n) is 4.33. The molecule has 0 saturated heterocycles. The van der Waals surface area contributed by atoms with Gasteiger partial charge in [-0.25, -0.2) is 4.98 Å². The quantitative estimate of drug-likeness (QED) is 0.300. The van der Waals surface area contributed by atoms with Crippen molar-refractivity contribution in [2.75, 3.05) is 0 Å². The van der Waals surface area contributed by atoms with Gasteiger partial charge in [-0.3, -0.25) is 0 Å². The number of hydrogen-bond donors (Lipinski definition) is 0. The Balaban J connectivity index is 1.82. The Morgan fingerprint density at radius 2 is 1.50 bits per heavy atom. The van der Waals surface area contributed by atoms with Gasteiger partial charge in [-0.1, -0.05) is 60.1 Å². The average molecular weight is 346 g/mol. The van der Waals surface area contributed by atoms with Crippen molar-refractivity contribution in [1.82, 2.24) is 4.98 Å². The zero-order valence-corrected chi connectivity index (χ0v) is 14.2. The molecule has 114 valence electrons. The summed E-state index contributed by atoms with van der Waals surface area (Å²) in [6.07, 6.45) is 0. The molecule has 5 aromatic rings. The summed E-state index contributed by atoms with van der Waals surface area (Å²) >= 11 is 7.94. The fourth-order valence-electron chi connectivity index (χ4n) is 3.15. The summed E-state index contributed by atoms with van der Waals surface area (Å²) in [6, 6.07) is 25.1. The number of rotatable bonds is 1. The van der Waals surface area contributed by atoms with Crippen molar-refractivity contribution in [2.24, 2.45) is 0 Å². The molecule has 0 fully saturated rings. The minimum absolute atomic E-state index is 0.762. The number of halogens is 1. The monoisotopic (exact) mass is 345 g/mol. The highest BCUT2D eigenvalue weighted by Gasteiger charge is 2.09. The molecule has 0 radical (unpaired) electrons. The van der Waals surface area contributed by atoms with Gasteiger partial charge in [0.2, 0.25) is 0 Å². The van der Waals surface area contributed by atoms with Gasteiger partial charge in [-0.2, -0.15) is 0 Å². The minimum Gasteiger partial charge on any atom is -0.236 e. The van der Waals surface area contributed by atoms with Crippen LogP contribution in [0.15, 0.2) is 72.8 Å². The van der Waals surface area contributed by atoms with E-state index in [1.54, 1.807) is 11.3 Å². The molecule has 0 aliphatic heterocycles. The van der Waals surface area contributed by atoms with E-state index in [0.29, 0.717) is 0 Å². The highest BCUT2D eigenvalue weighted by atomic mass is 35.5. The molecular formula is C21H12ClNS. The largest absolute Gasteiger partial charge is 0.236 e. The number of nitrogens with zero attached hydrogens (tertiary/aromatic N) is 1. The molecule has 0 atom stereocenters. The molecule has 1 heterocycles. The number of hydrogen-bond acceptors (Lipinski definition) is 2. The van der Waals surface area contributed by atoms with Gasteiger partial charge in [0.05, 0.1) is 10.2 Å². The first kappa shape index (κ1) is 14.0. The lowest BCUT2D eigenvalue weighted by atomic mass is 10.0. The van der Waals surface area contributed by atoms with Gasteiger partial charge in [-0.05, 0) is 45.8 Å². The van der Waals surface area contributed by atoms with Crippen LogP contribution in [0.4, 0.5) is 0 Å². The van der Waals surface area contributed by atoms with Gasteiger partial charge in [0.25, 0.3) is 0 Å². The molecule has 0 saturated carbocycles. The second-order valence-corrected chi connectivity index (χ2v) is 7.32. The fraction of sp³-hybridized carbons (Fsp3) is 0. The Morgan fingerprint density at radius 3 is 2.38 bits per heavy atom. The summed E-state index contributed by atoms with van der Waals surface area (Å²) in [5.74, 6) is 0. The van der Waals surface area contributed by atoms with Crippen LogP contribution < -0.4 is 0 Å². The van der Waals surface area contributed by atoms with Crippen LogP contribution in [0.25, 0.3) is 42.3 Å². The van der Waals surface area contributed by atoms with Gasteiger partial charge in [0.1, 0.15) is 5.01 Å². The van der Waals surface area contributed by atoms with Crippen LogP contribution in [0.2, 0.25) is 5.02 Å². The Labute approximate surface area is 148 Å². The van der Waals surface area contributed by atoms with Gasteiger partial charge >= 0.3 is 0 Å². The van der Waals surface area contributed by atoms with Crippen LogP contribution in [-0.2, 0) is 0 Å². The zero-order chi connectivity index (χ0) is 16.1. The van der Waals surface area contributed by atoms with E-state index < -0.39 is 0 Å². The fourth-order valence-corrected chi connectivity index (χ4v) is 4.32. The van der Waals surface area contributed by atoms with Gasteiger partial charge in [0.15, 0.2) is 0 Å². The first-order chi connectivity index (χ1) is 11.8. The predicted molar refractivity (Wildman–Crippen MR) is 105 cm³/mol. The number of thiazole rings is 1. The van der Waals surface area contributed by atoms with Crippen LogP contribution in [0.5, 0.6) is 0 Å². The standard InChI is InChI=1S/C21H12ClNS/c22-16-9-8-13-6-7-15-10-20-19(12-18(15)17(13)11-16)23-21(24-20)14-4-2-1-3-5-14/h1-12H. The second kappa shape index (κ2) is 5.30. The van der Waals surface area contributed by atoms with Crippen LogP contribution in [0.1, 0.15) is 0 Å². The Kier molecular flexibility index (Phi) is 3.09. The molecule has 5 rings (SSSR count). The van der Waals surface area contributed by atoms with E-state index in [2.05, 4.69) is 42.5 Å². The topological polar surface area (TPSA) is 12.9 Å². The number of fused-ring (bicyclic) bond motifs is 4. The smallest absolute Gasteiger partial charge is 0.124 e. The molecule has 0 amide bonds. The van der Waals surface area contributed by atoms with Crippen molar-refractivity contribution in [2.45, 2.75) is 0 Å². The van der Waals surface area contributed by atoms with E-state index in [-0.39, 0.29) is 0 Å². The Morgan fingerprint density at radius 1 is 0.750 bits per heavy atom. The molecule has 24 heavy (non-hydrogen) atoms. The summed E-state index contributed by atoms with van der Waals surface area (Å²) in [7, 11) is 0. The molecular weight excluding hydrogens is 334 g/mol. The van der Waals surface area contributed by atoms with E-state index >= 15 is 0 Å². The lowest BCUT2D eigenvalue weighted by Gasteiger charge is -2.04.